The van der Waals surface area contributed by atoms with Crippen LogP contribution in [-0.4, -0.2) is 21.1 Å². The normalized spacial score (nSPS) is 18.8. The average Bonchev–Trinajstić information content (AvgIpc) is 3.00. The number of benzene rings is 1. The molecule has 1 atom stereocenters. The summed E-state index contributed by atoms with van der Waals surface area (Å²) in [6.07, 6.45) is 0.483. The molecule has 1 aliphatic heterocycles. The van der Waals surface area contributed by atoms with Crippen molar-refractivity contribution in [1.29, 1.82) is 0 Å². The molecule has 104 valence electrons. The second kappa shape index (κ2) is 5.68. The van der Waals surface area contributed by atoms with Gasteiger partial charge in [-0.25, -0.2) is 4.98 Å². The summed E-state index contributed by atoms with van der Waals surface area (Å²) < 4.78 is 0.510. The molecule has 7 heteroatoms. The van der Waals surface area contributed by atoms with Crippen molar-refractivity contribution in [1.82, 2.24) is 15.3 Å². The van der Waals surface area contributed by atoms with Crippen LogP contribution in [0.1, 0.15) is 12.2 Å². The fourth-order valence-electron chi connectivity index (χ4n) is 1.99. The molecular weight excluding hydrogens is 317 g/mol. The minimum atomic E-state index is -0.251. The number of rotatable bonds is 3. The van der Waals surface area contributed by atoms with Gasteiger partial charge in [-0.05, 0) is 12.1 Å². The van der Waals surface area contributed by atoms with Crippen LogP contribution in [0.25, 0.3) is 11.0 Å². The van der Waals surface area contributed by atoms with Gasteiger partial charge in [0.1, 0.15) is 5.82 Å². The van der Waals surface area contributed by atoms with E-state index < -0.39 is 0 Å². The van der Waals surface area contributed by atoms with Crippen LogP contribution < -0.4 is 5.32 Å². The highest BCUT2D eigenvalue weighted by Crippen LogP contribution is 2.41. The number of aromatic amines is 1. The zero-order valence-corrected chi connectivity index (χ0v) is 12.6. The van der Waals surface area contributed by atoms with Crippen LogP contribution >= 0.6 is 35.0 Å². The number of fused-ring (bicyclic) bond motifs is 1. The van der Waals surface area contributed by atoms with Crippen LogP contribution in [0.5, 0.6) is 0 Å². The van der Waals surface area contributed by atoms with Gasteiger partial charge in [0, 0.05) is 11.5 Å². The minimum Gasteiger partial charge on any atom is -0.348 e. The zero-order chi connectivity index (χ0) is 14.1. The molecule has 4 nitrogen and oxygen atoms in total. The highest BCUT2D eigenvalue weighted by molar-refractivity contribution is 8.06. The first-order chi connectivity index (χ1) is 9.63. The number of hydrogen-bond donors (Lipinski definition) is 2. The molecule has 0 fully saturated rings. The molecule has 1 aromatic heterocycles. The predicted octanol–water partition coefficient (Wildman–Crippen LogP) is 3.33. The van der Waals surface area contributed by atoms with Crippen LogP contribution in [0.3, 0.4) is 0 Å². The van der Waals surface area contributed by atoms with E-state index in [0.717, 1.165) is 16.9 Å². The molecule has 1 amide bonds. The summed E-state index contributed by atoms with van der Waals surface area (Å²) in [4.78, 5) is 19.6. The smallest absolute Gasteiger partial charge is 0.234 e. The fraction of sp³-hybridized carbons (Fsp3) is 0.231. The molecule has 1 aliphatic rings. The van der Waals surface area contributed by atoms with Crippen molar-refractivity contribution in [3.8, 4) is 0 Å². The van der Waals surface area contributed by atoms with E-state index in [-0.39, 0.29) is 11.2 Å². The predicted molar refractivity (Wildman–Crippen MR) is 82.7 cm³/mol. The molecule has 1 unspecified atom stereocenters. The van der Waals surface area contributed by atoms with E-state index in [1.54, 1.807) is 0 Å². The molecule has 0 radical (unpaired) electrons. The highest BCUT2D eigenvalue weighted by atomic mass is 35.5. The van der Waals surface area contributed by atoms with Gasteiger partial charge in [0.05, 0.1) is 27.2 Å². The Morgan fingerprint density at radius 3 is 2.95 bits per heavy atom. The molecule has 0 aliphatic carbocycles. The maximum absolute atomic E-state index is 12.0. The first-order valence-electron chi connectivity index (χ1n) is 6.05. The van der Waals surface area contributed by atoms with E-state index in [9.17, 15) is 4.79 Å². The standard InChI is InChI=1S/C13H11Cl2N3OS/c14-7-5-10(20-12(7)15)13(19)16-6-11-17-8-3-1-2-4-9(8)18-11/h1-4,10H,5-6H2,(H,16,19)(H,17,18). The number of carbonyl (C=O) groups excluding carboxylic acids is 1. The molecule has 1 aromatic carbocycles. The van der Waals surface area contributed by atoms with Crippen LogP contribution in [-0.2, 0) is 11.3 Å². The van der Waals surface area contributed by atoms with E-state index in [1.807, 2.05) is 24.3 Å². The van der Waals surface area contributed by atoms with Crippen molar-refractivity contribution in [2.45, 2.75) is 18.2 Å². The van der Waals surface area contributed by atoms with Crippen molar-refractivity contribution < 1.29 is 4.79 Å². The maximum Gasteiger partial charge on any atom is 0.234 e. The number of para-hydroxylation sites is 2. The first kappa shape index (κ1) is 13.8. The van der Waals surface area contributed by atoms with Gasteiger partial charge >= 0.3 is 0 Å². The summed E-state index contributed by atoms with van der Waals surface area (Å²) in [7, 11) is 0. The number of thioether (sulfide) groups is 1. The van der Waals surface area contributed by atoms with Crippen molar-refractivity contribution in [2.24, 2.45) is 0 Å². The van der Waals surface area contributed by atoms with Crippen molar-refractivity contribution >= 4 is 51.9 Å². The number of H-pyrrole nitrogens is 1. The summed E-state index contributed by atoms with van der Waals surface area (Å²) in [6, 6.07) is 7.74. The number of allylic oxidation sites excluding steroid dienone is 1. The van der Waals surface area contributed by atoms with Crippen LogP contribution in [0.15, 0.2) is 33.7 Å². The second-order valence-corrected chi connectivity index (χ2v) is 6.68. The Hall–Kier alpha value is -1.17. The molecule has 20 heavy (non-hydrogen) atoms. The SMILES string of the molecule is O=C(NCc1nc2ccccc2[nH]1)C1CC(Cl)=C(Cl)S1. The Kier molecular flexibility index (Phi) is 3.92. The molecule has 2 heterocycles. The lowest BCUT2D eigenvalue weighted by Gasteiger charge is -2.08. The van der Waals surface area contributed by atoms with Crippen LogP contribution in [0, 0.1) is 0 Å². The van der Waals surface area contributed by atoms with Crippen molar-refractivity contribution in [3.63, 3.8) is 0 Å². The highest BCUT2D eigenvalue weighted by Gasteiger charge is 2.28. The Labute approximate surface area is 129 Å². The third kappa shape index (κ3) is 2.80. The summed E-state index contributed by atoms with van der Waals surface area (Å²) in [6.45, 7) is 0.361. The largest absolute Gasteiger partial charge is 0.348 e. The van der Waals surface area contributed by atoms with Gasteiger partial charge in [-0.3, -0.25) is 4.79 Å². The fourth-order valence-corrected chi connectivity index (χ4v) is 3.67. The Morgan fingerprint density at radius 2 is 2.25 bits per heavy atom. The molecular formula is C13H11Cl2N3OS. The van der Waals surface area contributed by atoms with Gasteiger partial charge in [0.2, 0.25) is 5.91 Å². The molecule has 0 bridgehead atoms. The minimum absolute atomic E-state index is 0.0794. The van der Waals surface area contributed by atoms with Gasteiger partial charge in [-0.1, -0.05) is 47.1 Å². The molecule has 2 N–H and O–H groups in total. The molecule has 0 spiro atoms. The third-order valence-corrected chi connectivity index (χ3v) is 5.15. The van der Waals surface area contributed by atoms with Gasteiger partial charge in [-0.2, -0.15) is 0 Å². The van der Waals surface area contributed by atoms with E-state index in [0.29, 0.717) is 22.4 Å². The first-order valence-corrected chi connectivity index (χ1v) is 7.69. The molecule has 3 rings (SSSR count). The number of halogens is 2. The topological polar surface area (TPSA) is 57.8 Å². The number of nitrogens with zero attached hydrogens (tertiary/aromatic N) is 1. The van der Waals surface area contributed by atoms with Gasteiger partial charge < -0.3 is 10.3 Å². The number of imidazole rings is 1. The summed E-state index contributed by atoms with van der Waals surface area (Å²) in [5.41, 5.74) is 1.85. The van der Waals surface area contributed by atoms with Gasteiger partial charge in [0.25, 0.3) is 0 Å². The average molecular weight is 328 g/mol. The van der Waals surface area contributed by atoms with E-state index in [4.69, 9.17) is 23.2 Å². The summed E-state index contributed by atoms with van der Waals surface area (Å²) >= 11 is 13.1. The zero-order valence-electron chi connectivity index (χ0n) is 10.3. The summed E-state index contributed by atoms with van der Waals surface area (Å²) in [5.74, 6) is 0.650. The lowest BCUT2D eigenvalue weighted by molar-refractivity contribution is -0.120. The monoisotopic (exact) mass is 327 g/mol. The van der Waals surface area contributed by atoms with E-state index >= 15 is 0 Å². The quantitative estimate of drug-likeness (QED) is 0.909. The van der Waals surface area contributed by atoms with Crippen LogP contribution in [0.2, 0.25) is 0 Å². The molecule has 0 saturated carbocycles. The Balaban J connectivity index is 1.61. The number of carbonyl (C=O) groups is 1. The lowest BCUT2D eigenvalue weighted by atomic mass is 10.3. The number of amides is 1. The van der Waals surface area contributed by atoms with Gasteiger partial charge in [-0.15, -0.1) is 0 Å². The van der Waals surface area contributed by atoms with Crippen molar-refractivity contribution in [2.75, 3.05) is 0 Å². The van der Waals surface area contributed by atoms with E-state index in [1.165, 1.54) is 11.8 Å². The Bertz CT molecular complexity index is 651. The number of nitrogens with one attached hydrogen (secondary N) is 2. The van der Waals surface area contributed by atoms with Crippen LogP contribution in [0.4, 0.5) is 0 Å². The maximum atomic E-state index is 12.0. The Morgan fingerprint density at radius 1 is 1.45 bits per heavy atom. The molecule has 2 aromatic rings. The third-order valence-electron chi connectivity index (χ3n) is 2.98. The van der Waals surface area contributed by atoms with E-state index in [2.05, 4.69) is 15.3 Å². The lowest BCUT2D eigenvalue weighted by Crippen LogP contribution is -2.31. The number of hydrogen-bond acceptors (Lipinski definition) is 3. The summed E-state index contributed by atoms with van der Waals surface area (Å²) in [5, 5.41) is 3.15. The second-order valence-electron chi connectivity index (χ2n) is 4.41. The van der Waals surface area contributed by atoms with Gasteiger partial charge in [0.15, 0.2) is 0 Å². The van der Waals surface area contributed by atoms with Crippen molar-refractivity contribution in [3.05, 3.63) is 39.5 Å². The molecule has 0 saturated heterocycles. The number of aromatic nitrogens is 2.